The van der Waals surface area contributed by atoms with Crippen molar-refractivity contribution in [3.05, 3.63) is 45.8 Å². The summed E-state index contributed by atoms with van der Waals surface area (Å²) in [5, 5.41) is 3.36. The van der Waals surface area contributed by atoms with Crippen molar-refractivity contribution in [1.29, 1.82) is 0 Å². The zero-order valence-corrected chi connectivity index (χ0v) is 25.5. The zero-order chi connectivity index (χ0) is 30.0. The van der Waals surface area contributed by atoms with Gasteiger partial charge in [-0.05, 0) is 68.9 Å². The number of amides is 3. The van der Waals surface area contributed by atoms with E-state index in [0.717, 1.165) is 23.3 Å². The first-order valence-corrected chi connectivity index (χ1v) is 16.6. The lowest BCUT2D eigenvalue weighted by molar-refractivity contribution is -0.149. The van der Waals surface area contributed by atoms with Gasteiger partial charge in [0.2, 0.25) is 15.9 Å². The maximum absolute atomic E-state index is 13.5. The zero-order valence-electron chi connectivity index (χ0n) is 23.9. The van der Waals surface area contributed by atoms with E-state index in [4.69, 9.17) is 4.74 Å². The quantitative estimate of drug-likeness (QED) is 0.473. The molecule has 4 heterocycles. The predicted molar refractivity (Wildman–Crippen MR) is 157 cm³/mol. The summed E-state index contributed by atoms with van der Waals surface area (Å²) in [4.78, 5) is 55.4. The number of nitrogens with zero attached hydrogens (tertiary/aromatic N) is 3. The normalized spacial score (nSPS) is 18.0. The monoisotopic (exact) mass is 616 g/mol. The van der Waals surface area contributed by atoms with Crippen LogP contribution >= 0.6 is 11.3 Å². The minimum Gasteiger partial charge on any atom is -0.466 e. The Morgan fingerprint density at radius 1 is 0.976 bits per heavy atom. The van der Waals surface area contributed by atoms with Gasteiger partial charge in [-0.3, -0.25) is 19.2 Å². The van der Waals surface area contributed by atoms with Gasteiger partial charge in [-0.2, -0.15) is 4.31 Å². The average molecular weight is 617 g/mol. The van der Waals surface area contributed by atoms with Gasteiger partial charge in [0.25, 0.3) is 11.8 Å². The molecule has 0 bridgehead atoms. The second kappa shape index (κ2) is 12.5. The number of esters is 1. The lowest BCUT2D eigenvalue weighted by Crippen LogP contribution is -2.40. The first-order valence-electron chi connectivity index (χ1n) is 14.4. The number of hydrogen-bond donors (Lipinski definition) is 1. The van der Waals surface area contributed by atoms with Gasteiger partial charge >= 0.3 is 5.97 Å². The number of thiophene rings is 1. The number of fused-ring (bicyclic) bond motifs is 1. The molecule has 1 aromatic carbocycles. The number of sulfonamides is 1. The van der Waals surface area contributed by atoms with Gasteiger partial charge in [0.05, 0.1) is 29.5 Å². The van der Waals surface area contributed by atoms with E-state index in [1.807, 2.05) is 4.90 Å². The topological polar surface area (TPSA) is 133 Å². The van der Waals surface area contributed by atoms with Crippen LogP contribution in [-0.4, -0.2) is 85.5 Å². The number of benzene rings is 1. The minimum absolute atomic E-state index is 0.0366. The van der Waals surface area contributed by atoms with Crippen LogP contribution in [0.25, 0.3) is 0 Å². The molecule has 11 nitrogen and oxygen atoms in total. The van der Waals surface area contributed by atoms with Crippen LogP contribution in [0.2, 0.25) is 0 Å². The van der Waals surface area contributed by atoms with Crippen molar-refractivity contribution in [2.75, 3.05) is 44.6 Å². The van der Waals surface area contributed by atoms with Crippen LogP contribution in [0.5, 0.6) is 0 Å². The maximum Gasteiger partial charge on any atom is 0.309 e. The molecule has 1 N–H and O–H groups in total. The summed E-state index contributed by atoms with van der Waals surface area (Å²) in [5.41, 5.74) is 1.64. The van der Waals surface area contributed by atoms with Crippen molar-refractivity contribution in [2.24, 2.45) is 5.92 Å². The van der Waals surface area contributed by atoms with Crippen LogP contribution < -0.4 is 5.32 Å². The predicted octanol–water partition coefficient (Wildman–Crippen LogP) is 3.10. The standard InChI is InChI=1S/C29H36N4O7S2/c1-3-40-29(37)21-10-16-33(17-11-21)42(38,39)22-8-6-20(7-9-22)26(35)30-27-25(28(36)31-13-4-5-14-31)23-12-15-32(19(2)34)18-24(23)41-27/h6-9,21H,3-5,10-18H2,1-2H3,(H,30,35). The van der Waals surface area contributed by atoms with Crippen molar-refractivity contribution in [2.45, 2.75) is 57.4 Å². The molecule has 2 aromatic rings. The molecule has 3 amide bonds. The Bertz CT molecular complexity index is 1470. The molecular weight excluding hydrogens is 580 g/mol. The van der Waals surface area contributed by atoms with E-state index < -0.39 is 15.9 Å². The minimum atomic E-state index is -3.80. The van der Waals surface area contributed by atoms with Crippen LogP contribution in [0.3, 0.4) is 0 Å². The number of piperidine rings is 1. The summed E-state index contributed by atoms with van der Waals surface area (Å²) in [6.07, 6.45) is 3.21. The molecule has 3 aliphatic rings. The summed E-state index contributed by atoms with van der Waals surface area (Å²) in [6, 6.07) is 5.73. The Labute approximate surface area is 249 Å². The molecule has 2 saturated heterocycles. The van der Waals surface area contributed by atoms with E-state index in [1.165, 1.54) is 46.8 Å². The molecule has 0 unspecified atom stereocenters. The summed E-state index contributed by atoms with van der Waals surface area (Å²) in [5.74, 6) is -1.20. The molecule has 0 spiro atoms. The smallest absolute Gasteiger partial charge is 0.309 e. The number of nitrogens with one attached hydrogen (secondary N) is 1. The first-order chi connectivity index (χ1) is 20.1. The third kappa shape index (κ3) is 6.09. The number of carbonyl (C=O) groups is 4. The molecule has 0 saturated carbocycles. The third-order valence-electron chi connectivity index (χ3n) is 8.16. The number of hydrogen-bond acceptors (Lipinski definition) is 8. The highest BCUT2D eigenvalue weighted by Gasteiger charge is 2.34. The Kier molecular flexibility index (Phi) is 9.00. The van der Waals surface area contributed by atoms with Gasteiger partial charge in [0, 0.05) is 50.1 Å². The lowest BCUT2D eigenvalue weighted by atomic mass is 9.98. The van der Waals surface area contributed by atoms with E-state index in [0.29, 0.717) is 62.6 Å². The highest BCUT2D eigenvalue weighted by molar-refractivity contribution is 7.89. The van der Waals surface area contributed by atoms with Crippen molar-refractivity contribution in [3.8, 4) is 0 Å². The molecule has 0 aliphatic carbocycles. The van der Waals surface area contributed by atoms with E-state index in [9.17, 15) is 27.6 Å². The summed E-state index contributed by atoms with van der Waals surface area (Å²) >= 11 is 1.32. The molecular formula is C29H36N4O7S2. The Morgan fingerprint density at radius 3 is 2.26 bits per heavy atom. The van der Waals surface area contributed by atoms with Gasteiger partial charge in [0.1, 0.15) is 5.00 Å². The van der Waals surface area contributed by atoms with Crippen molar-refractivity contribution in [3.63, 3.8) is 0 Å². The average Bonchev–Trinajstić information content (AvgIpc) is 3.65. The van der Waals surface area contributed by atoms with Gasteiger partial charge < -0.3 is 19.9 Å². The summed E-state index contributed by atoms with van der Waals surface area (Å²) < 4.78 is 32.9. The summed E-state index contributed by atoms with van der Waals surface area (Å²) in [6.45, 7) is 6.24. The molecule has 3 aliphatic heterocycles. The molecule has 0 atom stereocenters. The van der Waals surface area contributed by atoms with Crippen LogP contribution in [0.4, 0.5) is 5.00 Å². The molecule has 0 radical (unpaired) electrons. The van der Waals surface area contributed by atoms with Gasteiger partial charge in [-0.25, -0.2) is 8.42 Å². The molecule has 42 heavy (non-hydrogen) atoms. The second-order valence-electron chi connectivity index (χ2n) is 10.8. The molecule has 2 fully saturated rings. The number of carbonyl (C=O) groups excluding carboxylic acids is 4. The molecule has 13 heteroatoms. The van der Waals surface area contributed by atoms with E-state index in [1.54, 1.807) is 11.8 Å². The van der Waals surface area contributed by atoms with Crippen LogP contribution in [0.15, 0.2) is 29.2 Å². The van der Waals surface area contributed by atoms with Crippen LogP contribution in [-0.2, 0) is 37.3 Å². The molecule has 226 valence electrons. The maximum atomic E-state index is 13.5. The van der Waals surface area contributed by atoms with Crippen molar-refractivity contribution in [1.82, 2.24) is 14.1 Å². The van der Waals surface area contributed by atoms with Gasteiger partial charge in [0.15, 0.2) is 0 Å². The first kappa shape index (κ1) is 30.2. The number of likely N-dealkylation sites (tertiary alicyclic amines) is 1. The Balaban J connectivity index is 1.31. The fourth-order valence-electron chi connectivity index (χ4n) is 5.76. The SMILES string of the molecule is CCOC(=O)C1CCN(S(=O)(=O)c2ccc(C(=O)Nc3sc4c(c3C(=O)N3CCCC3)CCN(C(C)=O)C4)cc2)CC1. The number of ether oxygens (including phenoxy) is 1. The highest BCUT2D eigenvalue weighted by atomic mass is 32.2. The lowest BCUT2D eigenvalue weighted by Gasteiger charge is -2.30. The Morgan fingerprint density at radius 2 is 1.64 bits per heavy atom. The van der Waals surface area contributed by atoms with E-state index in [-0.39, 0.29) is 47.3 Å². The molecule has 1 aromatic heterocycles. The fraction of sp³-hybridized carbons (Fsp3) is 0.517. The fourth-order valence-corrected chi connectivity index (χ4v) is 8.48. The van der Waals surface area contributed by atoms with E-state index >= 15 is 0 Å². The Hall–Kier alpha value is -3.29. The van der Waals surface area contributed by atoms with Crippen LogP contribution in [0, 0.1) is 5.92 Å². The highest BCUT2D eigenvalue weighted by Crippen LogP contribution is 2.39. The van der Waals surface area contributed by atoms with Crippen molar-refractivity contribution >= 4 is 50.1 Å². The number of anilines is 1. The van der Waals surface area contributed by atoms with Gasteiger partial charge in [-0.15, -0.1) is 11.3 Å². The largest absolute Gasteiger partial charge is 0.466 e. The van der Waals surface area contributed by atoms with Gasteiger partial charge in [-0.1, -0.05) is 0 Å². The number of rotatable bonds is 7. The second-order valence-corrected chi connectivity index (χ2v) is 13.8. The summed E-state index contributed by atoms with van der Waals surface area (Å²) in [7, 11) is -3.80. The van der Waals surface area contributed by atoms with Crippen LogP contribution in [0.1, 0.15) is 70.7 Å². The van der Waals surface area contributed by atoms with E-state index in [2.05, 4.69) is 5.32 Å². The van der Waals surface area contributed by atoms with Crippen molar-refractivity contribution < 1.29 is 32.3 Å². The molecule has 5 rings (SSSR count). The third-order valence-corrected chi connectivity index (χ3v) is 11.2.